The molecule has 94 valence electrons. The number of hydrogen-bond donors (Lipinski definition) is 1. The summed E-state index contributed by atoms with van der Waals surface area (Å²) in [6.07, 6.45) is 4.26. The van der Waals surface area contributed by atoms with E-state index in [0.29, 0.717) is 11.6 Å². The maximum atomic E-state index is 6.13. The van der Waals surface area contributed by atoms with Gasteiger partial charge in [0, 0.05) is 22.8 Å². The molecule has 4 heteroatoms. The SMILES string of the molecule is NCC(Cc1ccncc1Cl)c1cccc(Br)c1. The third kappa shape index (κ3) is 3.31. The smallest absolute Gasteiger partial charge is 0.0621 e. The maximum absolute atomic E-state index is 6.13. The van der Waals surface area contributed by atoms with Crippen molar-refractivity contribution >= 4 is 27.5 Å². The normalized spacial score (nSPS) is 12.4. The van der Waals surface area contributed by atoms with E-state index < -0.39 is 0 Å². The molecule has 0 aliphatic carbocycles. The third-order valence-electron chi connectivity index (χ3n) is 2.93. The molecule has 0 fully saturated rings. The van der Waals surface area contributed by atoms with Crippen molar-refractivity contribution in [1.29, 1.82) is 0 Å². The molecule has 1 unspecified atom stereocenters. The highest BCUT2D eigenvalue weighted by Gasteiger charge is 2.12. The summed E-state index contributed by atoms with van der Waals surface area (Å²) in [5.41, 5.74) is 8.19. The van der Waals surface area contributed by atoms with E-state index in [2.05, 4.69) is 33.0 Å². The Morgan fingerprint density at radius 2 is 2.17 bits per heavy atom. The Balaban J connectivity index is 2.23. The van der Waals surface area contributed by atoms with Crippen molar-refractivity contribution in [3.63, 3.8) is 0 Å². The van der Waals surface area contributed by atoms with E-state index in [0.717, 1.165) is 16.5 Å². The monoisotopic (exact) mass is 324 g/mol. The zero-order valence-corrected chi connectivity index (χ0v) is 12.2. The predicted molar refractivity (Wildman–Crippen MR) is 78.9 cm³/mol. The summed E-state index contributed by atoms with van der Waals surface area (Å²) in [5, 5.41) is 0.700. The molecule has 0 radical (unpaired) electrons. The Morgan fingerprint density at radius 1 is 1.33 bits per heavy atom. The highest BCUT2D eigenvalue weighted by atomic mass is 79.9. The minimum atomic E-state index is 0.266. The van der Waals surface area contributed by atoms with E-state index in [1.807, 2.05) is 18.2 Å². The number of rotatable bonds is 4. The van der Waals surface area contributed by atoms with Crippen molar-refractivity contribution in [2.24, 2.45) is 5.73 Å². The molecule has 0 spiro atoms. The Morgan fingerprint density at radius 3 is 2.83 bits per heavy atom. The van der Waals surface area contributed by atoms with Crippen LogP contribution in [0.15, 0.2) is 47.2 Å². The Kier molecular flexibility index (Phi) is 4.75. The van der Waals surface area contributed by atoms with Gasteiger partial charge in [-0.25, -0.2) is 0 Å². The largest absolute Gasteiger partial charge is 0.330 e. The molecule has 0 bridgehead atoms. The van der Waals surface area contributed by atoms with Crippen LogP contribution in [0.2, 0.25) is 5.02 Å². The molecule has 2 aromatic rings. The molecule has 0 aliphatic rings. The number of pyridine rings is 1. The van der Waals surface area contributed by atoms with Crippen molar-refractivity contribution < 1.29 is 0 Å². The van der Waals surface area contributed by atoms with Crippen molar-refractivity contribution in [3.8, 4) is 0 Å². The predicted octanol–water partition coefficient (Wildman–Crippen LogP) is 3.78. The van der Waals surface area contributed by atoms with Gasteiger partial charge in [-0.3, -0.25) is 4.98 Å². The van der Waals surface area contributed by atoms with Crippen LogP contribution in [-0.4, -0.2) is 11.5 Å². The second-order valence-electron chi connectivity index (χ2n) is 4.16. The molecule has 0 saturated carbocycles. The lowest BCUT2D eigenvalue weighted by Crippen LogP contribution is -2.15. The number of nitrogens with two attached hydrogens (primary N) is 1. The third-order valence-corrected chi connectivity index (χ3v) is 3.76. The van der Waals surface area contributed by atoms with E-state index in [1.54, 1.807) is 12.4 Å². The molecule has 0 amide bonds. The zero-order chi connectivity index (χ0) is 13.0. The Labute approximate surface area is 120 Å². The van der Waals surface area contributed by atoms with Gasteiger partial charge >= 0.3 is 0 Å². The number of halogens is 2. The number of aromatic nitrogens is 1. The van der Waals surface area contributed by atoms with Gasteiger partial charge in [-0.05, 0) is 42.3 Å². The van der Waals surface area contributed by atoms with Gasteiger partial charge in [-0.2, -0.15) is 0 Å². The van der Waals surface area contributed by atoms with Crippen LogP contribution in [0.4, 0.5) is 0 Å². The van der Waals surface area contributed by atoms with E-state index in [9.17, 15) is 0 Å². The molecule has 0 saturated heterocycles. The number of hydrogen-bond acceptors (Lipinski definition) is 2. The van der Waals surface area contributed by atoms with E-state index in [-0.39, 0.29) is 5.92 Å². The van der Waals surface area contributed by atoms with Gasteiger partial charge in [-0.15, -0.1) is 0 Å². The first-order valence-electron chi connectivity index (χ1n) is 5.74. The highest BCUT2D eigenvalue weighted by molar-refractivity contribution is 9.10. The van der Waals surface area contributed by atoms with Crippen LogP contribution in [-0.2, 0) is 6.42 Å². The highest BCUT2D eigenvalue weighted by Crippen LogP contribution is 2.25. The topological polar surface area (TPSA) is 38.9 Å². The Hall–Kier alpha value is -0.900. The lowest BCUT2D eigenvalue weighted by molar-refractivity contribution is 0.693. The fraction of sp³-hybridized carbons (Fsp3) is 0.214. The lowest BCUT2D eigenvalue weighted by atomic mass is 9.92. The van der Waals surface area contributed by atoms with Crippen molar-refractivity contribution in [2.45, 2.75) is 12.3 Å². The molecule has 2 rings (SSSR count). The average Bonchev–Trinajstić information content (AvgIpc) is 2.38. The summed E-state index contributed by atoms with van der Waals surface area (Å²) in [6, 6.07) is 10.2. The van der Waals surface area contributed by atoms with Crippen LogP contribution >= 0.6 is 27.5 Å². The first-order chi connectivity index (χ1) is 8.70. The van der Waals surface area contributed by atoms with Gasteiger partial charge < -0.3 is 5.73 Å². The van der Waals surface area contributed by atoms with Gasteiger partial charge in [-0.1, -0.05) is 39.7 Å². The molecule has 1 aromatic heterocycles. The lowest BCUT2D eigenvalue weighted by Gasteiger charge is -2.16. The quantitative estimate of drug-likeness (QED) is 0.929. The van der Waals surface area contributed by atoms with Crippen LogP contribution < -0.4 is 5.73 Å². The molecule has 1 atom stereocenters. The van der Waals surface area contributed by atoms with Gasteiger partial charge in [0.2, 0.25) is 0 Å². The molecule has 18 heavy (non-hydrogen) atoms. The molecular weight excluding hydrogens is 312 g/mol. The summed E-state index contributed by atoms with van der Waals surface area (Å²) in [5.74, 6) is 0.266. The van der Waals surface area contributed by atoms with Crippen molar-refractivity contribution in [1.82, 2.24) is 4.98 Å². The second kappa shape index (κ2) is 6.32. The summed E-state index contributed by atoms with van der Waals surface area (Å²) in [6.45, 7) is 0.592. The van der Waals surface area contributed by atoms with Gasteiger partial charge in [0.1, 0.15) is 0 Å². The van der Waals surface area contributed by atoms with E-state index in [4.69, 9.17) is 17.3 Å². The number of benzene rings is 1. The zero-order valence-electron chi connectivity index (χ0n) is 9.81. The van der Waals surface area contributed by atoms with Crippen LogP contribution in [0.3, 0.4) is 0 Å². The molecule has 2 nitrogen and oxygen atoms in total. The fourth-order valence-corrected chi connectivity index (χ4v) is 2.55. The van der Waals surface area contributed by atoms with E-state index in [1.165, 1.54) is 5.56 Å². The van der Waals surface area contributed by atoms with Crippen LogP contribution in [0, 0.1) is 0 Å². The molecule has 2 N–H and O–H groups in total. The minimum Gasteiger partial charge on any atom is -0.330 e. The molecule has 1 aromatic carbocycles. The molecule has 1 heterocycles. The van der Waals surface area contributed by atoms with Crippen LogP contribution in [0.25, 0.3) is 0 Å². The fourth-order valence-electron chi connectivity index (χ4n) is 1.93. The van der Waals surface area contributed by atoms with Gasteiger partial charge in [0.25, 0.3) is 0 Å². The molecular formula is C14H14BrClN2. The first kappa shape index (κ1) is 13.5. The summed E-state index contributed by atoms with van der Waals surface area (Å²) in [4.78, 5) is 3.99. The van der Waals surface area contributed by atoms with Gasteiger partial charge in [0.05, 0.1) is 5.02 Å². The minimum absolute atomic E-state index is 0.266. The van der Waals surface area contributed by atoms with Gasteiger partial charge in [0.15, 0.2) is 0 Å². The van der Waals surface area contributed by atoms with Crippen molar-refractivity contribution in [3.05, 3.63) is 63.3 Å². The summed E-state index contributed by atoms with van der Waals surface area (Å²) < 4.78 is 1.07. The number of nitrogens with zero attached hydrogens (tertiary/aromatic N) is 1. The van der Waals surface area contributed by atoms with Crippen LogP contribution in [0.5, 0.6) is 0 Å². The van der Waals surface area contributed by atoms with Crippen LogP contribution in [0.1, 0.15) is 17.0 Å². The maximum Gasteiger partial charge on any atom is 0.0621 e. The van der Waals surface area contributed by atoms with E-state index >= 15 is 0 Å². The summed E-state index contributed by atoms with van der Waals surface area (Å²) in [7, 11) is 0. The summed E-state index contributed by atoms with van der Waals surface area (Å²) >= 11 is 9.61. The first-order valence-corrected chi connectivity index (χ1v) is 6.91. The van der Waals surface area contributed by atoms with Crippen molar-refractivity contribution in [2.75, 3.05) is 6.54 Å². The standard InChI is InChI=1S/C14H14BrClN2/c15-13-3-1-2-10(7-13)12(8-17)6-11-4-5-18-9-14(11)16/h1-5,7,9,12H,6,8,17H2. The average molecular weight is 326 g/mol. The molecule has 0 aliphatic heterocycles. The second-order valence-corrected chi connectivity index (χ2v) is 5.48. The Bertz CT molecular complexity index is 531.